The van der Waals surface area contributed by atoms with Crippen molar-refractivity contribution in [3.63, 3.8) is 0 Å². The minimum Gasteiger partial charge on any atom is -0.501 e. The van der Waals surface area contributed by atoms with Gasteiger partial charge in [0, 0.05) is 6.20 Å². The van der Waals surface area contributed by atoms with E-state index >= 15 is 0 Å². The fourth-order valence-corrected chi connectivity index (χ4v) is 2.09. The van der Waals surface area contributed by atoms with Crippen LogP contribution in [0, 0.1) is 6.92 Å². The van der Waals surface area contributed by atoms with Gasteiger partial charge >= 0.3 is 0 Å². The number of aryl methyl sites for hydroxylation is 1. The van der Waals surface area contributed by atoms with Crippen LogP contribution in [0.2, 0.25) is 0 Å². The second-order valence-corrected chi connectivity index (χ2v) is 4.09. The summed E-state index contributed by atoms with van der Waals surface area (Å²) in [6, 6.07) is 4.25. The zero-order valence-corrected chi connectivity index (χ0v) is 9.86. The molecule has 86 valence electrons. The van der Waals surface area contributed by atoms with E-state index in [0.29, 0.717) is 0 Å². The first kappa shape index (κ1) is 11.1. The summed E-state index contributed by atoms with van der Waals surface area (Å²) in [5.74, 6) is 0. The number of nitrogens with one attached hydrogen (secondary N) is 1. The first-order chi connectivity index (χ1) is 7.83. The summed E-state index contributed by atoms with van der Waals surface area (Å²) in [5, 5.41) is 3.32. The Balaban J connectivity index is 2.28. The molecule has 0 saturated heterocycles. The summed E-state index contributed by atoms with van der Waals surface area (Å²) >= 11 is 0. The van der Waals surface area contributed by atoms with Crippen molar-refractivity contribution in [1.82, 2.24) is 10.3 Å². The van der Waals surface area contributed by atoms with Gasteiger partial charge in [0.1, 0.15) is 0 Å². The largest absolute Gasteiger partial charge is 0.501 e. The highest BCUT2D eigenvalue weighted by Crippen LogP contribution is 2.27. The molecule has 1 unspecified atom stereocenters. The van der Waals surface area contributed by atoms with Crippen molar-refractivity contribution in [1.29, 1.82) is 0 Å². The van der Waals surface area contributed by atoms with Gasteiger partial charge in [0.2, 0.25) is 0 Å². The molecule has 16 heavy (non-hydrogen) atoms. The van der Waals surface area contributed by atoms with Gasteiger partial charge in [-0.05, 0) is 44.0 Å². The average Bonchev–Trinajstić information content (AvgIpc) is 2.34. The van der Waals surface area contributed by atoms with Crippen molar-refractivity contribution in [3.05, 3.63) is 41.4 Å². The quantitative estimate of drug-likeness (QED) is 0.845. The average molecular weight is 218 g/mol. The van der Waals surface area contributed by atoms with Crippen molar-refractivity contribution >= 4 is 0 Å². The molecule has 3 heteroatoms. The van der Waals surface area contributed by atoms with Gasteiger partial charge in [0.25, 0.3) is 0 Å². The summed E-state index contributed by atoms with van der Waals surface area (Å²) in [6.07, 6.45) is 5.91. The van der Waals surface area contributed by atoms with Gasteiger partial charge in [0.15, 0.2) is 0 Å². The molecular formula is C13H18N2O. The summed E-state index contributed by atoms with van der Waals surface area (Å²) in [4.78, 5) is 4.47. The van der Waals surface area contributed by atoms with Gasteiger partial charge in [-0.1, -0.05) is 6.07 Å². The number of aromatic nitrogens is 1. The van der Waals surface area contributed by atoms with E-state index in [9.17, 15) is 0 Å². The number of nitrogens with zero attached hydrogens (tertiary/aromatic N) is 1. The van der Waals surface area contributed by atoms with Crippen LogP contribution in [0.25, 0.3) is 0 Å². The molecule has 1 atom stereocenters. The molecule has 0 aliphatic carbocycles. The van der Waals surface area contributed by atoms with Crippen molar-refractivity contribution < 1.29 is 4.74 Å². The Morgan fingerprint density at radius 3 is 3.00 bits per heavy atom. The highest BCUT2D eigenvalue weighted by molar-refractivity contribution is 5.28. The summed E-state index contributed by atoms with van der Waals surface area (Å²) in [7, 11) is 1.97. The number of rotatable bonds is 3. The Morgan fingerprint density at radius 1 is 1.50 bits per heavy atom. The van der Waals surface area contributed by atoms with E-state index in [1.165, 1.54) is 11.1 Å². The maximum atomic E-state index is 5.40. The molecule has 0 aromatic carbocycles. The predicted octanol–water partition coefficient (Wildman–Crippen LogP) is 2.34. The minimum atomic E-state index is 0.182. The number of pyridine rings is 1. The number of hydrogen-bond acceptors (Lipinski definition) is 3. The molecule has 0 saturated carbocycles. The van der Waals surface area contributed by atoms with Gasteiger partial charge in [-0.3, -0.25) is 4.98 Å². The first-order valence-corrected chi connectivity index (χ1v) is 5.72. The SMILES string of the molecule is CNC(C1=COCCC1)c1ncccc1C. The monoisotopic (exact) mass is 218 g/mol. The van der Waals surface area contributed by atoms with E-state index in [1.54, 1.807) is 0 Å². The van der Waals surface area contributed by atoms with Crippen LogP contribution < -0.4 is 5.32 Å². The molecule has 0 bridgehead atoms. The van der Waals surface area contributed by atoms with Crippen LogP contribution in [-0.2, 0) is 4.74 Å². The summed E-state index contributed by atoms with van der Waals surface area (Å²) in [6.45, 7) is 2.93. The lowest BCUT2D eigenvalue weighted by Gasteiger charge is -2.23. The fraction of sp³-hybridized carbons (Fsp3) is 0.462. The normalized spacial score (nSPS) is 17.5. The third-order valence-electron chi connectivity index (χ3n) is 2.95. The summed E-state index contributed by atoms with van der Waals surface area (Å²) < 4.78 is 5.40. The van der Waals surface area contributed by atoms with Crippen molar-refractivity contribution in [2.75, 3.05) is 13.7 Å². The Hall–Kier alpha value is -1.35. The molecule has 1 aromatic rings. The van der Waals surface area contributed by atoms with Crippen LogP contribution in [0.1, 0.15) is 30.1 Å². The second-order valence-electron chi connectivity index (χ2n) is 4.09. The van der Waals surface area contributed by atoms with Gasteiger partial charge < -0.3 is 10.1 Å². The molecule has 3 nitrogen and oxygen atoms in total. The smallest absolute Gasteiger partial charge is 0.0876 e. The van der Waals surface area contributed by atoms with Crippen LogP contribution in [-0.4, -0.2) is 18.6 Å². The van der Waals surface area contributed by atoms with Crippen LogP contribution in [0.4, 0.5) is 0 Å². The molecule has 1 N–H and O–H groups in total. The lowest BCUT2D eigenvalue weighted by Crippen LogP contribution is -2.22. The number of likely N-dealkylation sites (N-methyl/N-ethyl adjacent to an activating group) is 1. The molecular weight excluding hydrogens is 200 g/mol. The maximum Gasteiger partial charge on any atom is 0.0876 e. The summed E-state index contributed by atoms with van der Waals surface area (Å²) in [5.41, 5.74) is 3.60. The van der Waals surface area contributed by atoms with E-state index in [0.717, 1.165) is 25.1 Å². The van der Waals surface area contributed by atoms with E-state index in [-0.39, 0.29) is 6.04 Å². The Morgan fingerprint density at radius 2 is 2.38 bits per heavy atom. The maximum absolute atomic E-state index is 5.40. The lowest BCUT2D eigenvalue weighted by molar-refractivity contribution is 0.219. The molecule has 2 heterocycles. The van der Waals surface area contributed by atoms with E-state index in [2.05, 4.69) is 23.3 Å². The number of hydrogen-bond donors (Lipinski definition) is 1. The van der Waals surface area contributed by atoms with E-state index in [4.69, 9.17) is 4.74 Å². The Bertz CT molecular complexity index is 387. The van der Waals surface area contributed by atoms with E-state index < -0.39 is 0 Å². The van der Waals surface area contributed by atoms with E-state index in [1.807, 2.05) is 25.6 Å². The van der Waals surface area contributed by atoms with Crippen molar-refractivity contribution in [2.24, 2.45) is 0 Å². The molecule has 1 aromatic heterocycles. The van der Waals surface area contributed by atoms with Crippen LogP contribution in [0.15, 0.2) is 30.2 Å². The molecule has 0 spiro atoms. The highest BCUT2D eigenvalue weighted by Gasteiger charge is 2.19. The fourth-order valence-electron chi connectivity index (χ4n) is 2.09. The molecule has 0 amide bonds. The standard InChI is InChI=1S/C13H18N2O/c1-10-5-3-7-15-12(10)13(14-2)11-6-4-8-16-9-11/h3,5,7,9,13-14H,4,6,8H2,1-2H3. The van der Waals surface area contributed by atoms with Crippen molar-refractivity contribution in [2.45, 2.75) is 25.8 Å². The van der Waals surface area contributed by atoms with Gasteiger partial charge in [-0.2, -0.15) is 0 Å². The van der Waals surface area contributed by atoms with Gasteiger partial charge in [-0.15, -0.1) is 0 Å². The molecule has 2 rings (SSSR count). The Labute approximate surface area is 96.5 Å². The third kappa shape index (κ3) is 2.25. The van der Waals surface area contributed by atoms with Crippen molar-refractivity contribution in [3.8, 4) is 0 Å². The second kappa shape index (κ2) is 5.12. The Kier molecular flexibility index (Phi) is 3.57. The molecule has 0 radical (unpaired) electrons. The van der Waals surface area contributed by atoms with Crippen LogP contribution >= 0.6 is 0 Å². The van der Waals surface area contributed by atoms with Gasteiger partial charge in [0.05, 0.1) is 24.6 Å². The minimum absolute atomic E-state index is 0.182. The zero-order valence-electron chi connectivity index (χ0n) is 9.86. The highest BCUT2D eigenvalue weighted by atomic mass is 16.5. The molecule has 1 aliphatic rings. The molecule has 0 fully saturated rings. The van der Waals surface area contributed by atoms with Crippen LogP contribution in [0.5, 0.6) is 0 Å². The molecule has 1 aliphatic heterocycles. The zero-order chi connectivity index (χ0) is 11.4. The first-order valence-electron chi connectivity index (χ1n) is 5.72. The lowest BCUT2D eigenvalue weighted by atomic mass is 9.96. The predicted molar refractivity (Wildman–Crippen MR) is 64.0 cm³/mol. The topological polar surface area (TPSA) is 34.1 Å². The van der Waals surface area contributed by atoms with Crippen LogP contribution in [0.3, 0.4) is 0 Å². The van der Waals surface area contributed by atoms with Gasteiger partial charge in [-0.25, -0.2) is 0 Å². The third-order valence-corrected chi connectivity index (χ3v) is 2.95. The number of ether oxygens (including phenoxy) is 1.